The van der Waals surface area contributed by atoms with Crippen molar-refractivity contribution in [2.45, 2.75) is 25.3 Å². The average Bonchev–Trinajstić information content (AvgIpc) is 3.28. The maximum Gasteiger partial charge on any atom is 0.274 e. The normalized spacial score (nSPS) is 18.4. The summed E-state index contributed by atoms with van der Waals surface area (Å²) in [5.41, 5.74) is 2.00. The number of hydrogen-bond acceptors (Lipinski definition) is 5. The molecule has 0 unspecified atom stereocenters. The molecule has 2 aromatic rings. The minimum Gasteiger partial charge on any atom is -0.360 e. The third-order valence-corrected chi connectivity index (χ3v) is 5.98. The molecule has 28 heavy (non-hydrogen) atoms. The van der Waals surface area contributed by atoms with Gasteiger partial charge in [-0.25, -0.2) is 0 Å². The van der Waals surface area contributed by atoms with Crippen LogP contribution >= 0.6 is 22.9 Å². The zero-order valence-corrected chi connectivity index (χ0v) is 16.6. The van der Waals surface area contributed by atoms with E-state index in [9.17, 15) is 9.59 Å². The Hall–Kier alpha value is -2.73. The van der Waals surface area contributed by atoms with E-state index in [1.807, 2.05) is 24.3 Å². The van der Waals surface area contributed by atoms with Crippen molar-refractivity contribution in [2.24, 2.45) is 0 Å². The fourth-order valence-electron chi connectivity index (χ4n) is 3.21. The van der Waals surface area contributed by atoms with Gasteiger partial charge in [-0.05, 0) is 18.9 Å². The Morgan fingerprint density at radius 2 is 2.36 bits per heavy atom. The summed E-state index contributed by atoms with van der Waals surface area (Å²) in [6.45, 7) is 0. The summed E-state index contributed by atoms with van der Waals surface area (Å²) in [7, 11) is 1.69. The Labute approximate surface area is 171 Å². The first-order valence-electron chi connectivity index (χ1n) is 8.78. The van der Waals surface area contributed by atoms with Gasteiger partial charge in [0.05, 0.1) is 34.2 Å². The number of likely N-dealkylation sites (N-methyl/N-ethyl adjacent to an activating group) is 1. The zero-order valence-electron chi connectivity index (χ0n) is 15.1. The van der Waals surface area contributed by atoms with Crippen LogP contribution in [0, 0.1) is 6.08 Å². The molecule has 2 amide bonds. The Bertz CT molecular complexity index is 1020. The predicted octanol–water partition coefficient (Wildman–Crippen LogP) is 3.50. The number of carbonyl (C=O) groups excluding carboxylic acids is 2. The minimum atomic E-state index is -0.624. The Morgan fingerprint density at radius 3 is 3.14 bits per heavy atom. The lowest BCUT2D eigenvalue weighted by molar-refractivity contribution is -0.120. The van der Waals surface area contributed by atoms with Crippen molar-refractivity contribution in [1.29, 1.82) is 0 Å². The van der Waals surface area contributed by atoms with Crippen LogP contribution in [0.25, 0.3) is 0 Å². The molecule has 0 bridgehead atoms. The SMILES string of the molecule is CN1C(=O)[C@@H](NC(=O)c2cc(CC3=CC=[C+]C=C3)on2)CCc2sc(Cl)cc21. The van der Waals surface area contributed by atoms with Crippen molar-refractivity contribution < 1.29 is 14.1 Å². The Balaban J connectivity index is 1.43. The summed E-state index contributed by atoms with van der Waals surface area (Å²) in [5.74, 6) is -0.0188. The fraction of sp³-hybridized carbons (Fsp3) is 0.250. The van der Waals surface area contributed by atoms with E-state index < -0.39 is 11.9 Å². The van der Waals surface area contributed by atoms with Crippen LogP contribution in [0.5, 0.6) is 0 Å². The first-order chi connectivity index (χ1) is 13.5. The average molecular weight is 415 g/mol. The molecule has 4 rings (SSSR count). The molecule has 0 aromatic carbocycles. The van der Waals surface area contributed by atoms with Crippen molar-refractivity contribution >= 4 is 40.4 Å². The second kappa shape index (κ2) is 7.72. The molecule has 1 aliphatic heterocycles. The number of allylic oxidation sites excluding steroid dienone is 6. The van der Waals surface area contributed by atoms with Crippen LogP contribution in [-0.2, 0) is 17.6 Å². The maximum absolute atomic E-state index is 12.8. The standard InChI is InChI=1S/C20H16ClN3O3S/c1-24-16-11-18(21)28-17(16)8-7-14(20(24)26)22-19(25)15-10-13(27-23-15)9-12-5-3-2-4-6-12/h3-6,10-11,14H,7-9H2,1H3/p+1/t14-/m0/s1. The number of nitrogens with one attached hydrogen (secondary N) is 1. The zero-order chi connectivity index (χ0) is 19.7. The molecule has 8 heteroatoms. The number of amides is 2. The summed E-state index contributed by atoms with van der Waals surface area (Å²) in [5, 5.41) is 6.64. The summed E-state index contributed by atoms with van der Waals surface area (Å²) < 4.78 is 5.93. The molecular weight excluding hydrogens is 398 g/mol. The number of rotatable bonds is 4. The lowest BCUT2D eigenvalue weighted by Gasteiger charge is -2.20. The van der Waals surface area contributed by atoms with E-state index in [-0.39, 0.29) is 11.6 Å². The summed E-state index contributed by atoms with van der Waals surface area (Å²) in [6.07, 6.45) is 12.1. The molecule has 3 heterocycles. The molecule has 2 aromatic heterocycles. The van der Waals surface area contributed by atoms with Crippen LogP contribution in [-0.4, -0.2) is 30.1 Å². The molecule has 0 saturated carbocycles. The van der Waals surface area contributed by atoms with Gasteiger partial charge in [0.15, 0.2) is 5.69 Å². The van der Waals surface area contributed by atoms with Crippen LogP contribution in [0.1, 0.15) is 27.5 Å². The maximum atomic E-state index is 12.8. The topological polar surface area (TPSA) is 75.4 Å². The Kier molecular flexibility index (Phi) is 5.13. The van der Waals surface area contributed by atoms with Crippen molar-refractivity contribution in [2.75, 3.05) is 11.9 Å². The summed E-state index contributed by atoms with van der Waals surface area (Å²) in [6, 6.07) is 2.77. The number of halogens is 1. The third kappa shape index (κ3) is 3.78. The van der Waals surface area contributed by atoms with Crippen LogP contribution in [0.3, 0.4) is 0 Å². The highest BCUT2D eigenvalue weighted by molar-refractivity contribution is 7.16. The van der Waals surface area contributed by atoms with E-state index in [2.05, 4.69) is 16.5 Å². The van der Waals surface area contributed by atoms with Crippen LogP contribution in [0.15, 0.2) is 46.5 Å². The number of nitrogens with zero attached hydrogens (tertiary/aromatic N) is 2. The van der Waals surface area contributed by atoms with Crippen molar-refractivity contribution in [3.8, 4) is 0 Å². The molecule has 0 spiro atoms. The lowest BCUT2D eigenvalue weighted by atomic mass is 10.1. The van der Waals surface area contributed by atoms with E-state index in [0.717, 1.165) is 16.1 Å². The van der Waals surface area contributed by atoms with Gasteiger partial charge in [0.25, 0.3) is 5.91 Å². The highest BCUT2D eigenvalue weighted by atomic mass is 35.5. The monoisotopic (exact) mass is 414 g/mol. The molecule has 142 valence electrons. The van der Waals surface area contributed by atoms with E-state index in [0.29, 0.717) is 29.4 Å². The molecule has 0 fully saturated rings. The first-order valence-corrected chi connectivity index (χ1v) is 9.98. The summed E-state index contributed by atoms with van der Waals surface area (Å²) >= 11 is 7.53. The number of fused-ring (bicyclic) bond motifs is 1. The highest BCUT2D eigenvalue weighted by Gasteiger charge is 2.31. The second-order valence-corrected chi connectivity index (χ2v) is 8.35. The molecule has 6 nitrogen and oxygen atoms in total. The second-order valence-electron chi connectivity index (χ2n) is 6.58. The third-order valence-electron chi connectivity index (χ3n) is 4.67. The van der Waals surface area contributed by atoms with Crippen LogP contribution < -0.4 is 10.2 Å². The van der Waals surface area contributed by atoms with Gasteiger partial charge < -0.3 is 14.7 Å². The number of anilines is 1. The van der Waals surface area contributed by atoms with E-state index in [1.54, 1.807) is 24.1 Å². The predicted molar refractivity (Wildman–Crippen MR) is 108 cm³/mol. The van der Waals surface area contributed by atoms with Gasteiger partial charge >= 0.3 is 0 Å². The molecule has 2 aliphatic rings. The Morgan fingerprint density at radius 1 is 1.50 bits per heavy atom. The van der Waals surface area contributed by atoms with Crippen molar-refractivity contribution in [3.05, 3.63) is 68.8 Å². The number of hydrogen-bond donors (Lipinski definition) is 1. The van der Waals surface area contributed by atoms with Crippen LogP contribution in [0.2, 0.25) is 4.34 Å². The number of aryl methyl sites for hydroxylation is 1. The number of thiophene rings is 1. The molecule has 1 N–H and O–H groups in total. The van der Waals surface area contributed by atoms with Gasteiger partial charge in [-0.2, -0.15) is 0 Å². The van der Waals surface area contributed by atoms with Crippen molar-refractivity contribution in [1.82, 2.24) is 10.5 Å². The smallest absolute Gasteiger partial charge is 0.274 e. The minimum absolute atomic E-state index is 0.162. The summed E-state index contributed by atoms with van der Waals surface area (Å²) in [4.78, 5) is 27.9. The fourth-order valence-corrected chi connectivity index (χ4v) is 4.52. The lowest BCUT2D eigenvalue weighted by Crippen LogP contribution is -2.46. The van der Waals surface area contributed by atoms with E-state index in [4.69, 9.17) is 16.1 Å². The van der Waals surface area contributed by atoms with Gasteiger partial charge in [0, 0.05) is 24.1 Å². The molecule has 0 saturated heterocycles. The van der Waals surface area contributed by atoms with E-state index >= 15 is 0 Å². The molecule has 0 radical (unpaired) electrons. The quantitative estimate of drug-likeness (QED) is 0.777. The van der Waals surface area contributed by atoms with Crippen molar-refractivity contribution in [3.63, 3.8) is 0 Å². The van der Waals surface area contributed by atoms with E-state index in [1.165, 1.54) is 11.3 Å². The number of carbonyl (C=O) groups is 2. The van der Waals surface area contributed by atoms with Gasteiger partial charge in [0.1, 0.15) is 24.0 Å². The largest absolute Gasteiger partial charge is 0.360 e. The van der Waals surface area contributed by atoms with Gasteiger partial charge in [-0.3, -0.25) is 9.59 Å². The molecule has 1 aliphatic carbocycles. The van der Waals surface area contributed by atoms with Gasteiger partial charge in [-0.1, -0.05) is 16.8 Å². The van der Waals surface area contributed by atoms with Gasteiger partial charge in [-0.15, -0.1) is 11.3 Å². The first kappa shape index (κ1) is 18.6. The molecular formula is C20H17ClN3O3S+. The highest BCUT2D eigenvalue weighted by Crippen LogP contribution is 2.36. The molecule has 1 atom stereocenters. The van der Waals surface area contributed by atoms with Crippen LogP contribution in [0.4, 0.5) is 5.69 Å². The number of aromatic nitrogens is 1. The van der Waals surface area contributed by atoms with Gasteiger partial charge in [0.2, 0.25) is 5.91 Å².